The monoisotopic (exact) mass is 424 g/mol. The van der Waals surface area contributed by atoms with Gasteiger partial charge < -0.3 is 11.5 Å². The molecule has 0 fully saturated rings. The van der Waals surface area contributed by atoms with Crippen molar-refractivity contribution in [1.82, 2.24) is 9.78 Å². The fourth-order valence-corrected chi connectivity index (χ4v) is 4.77. The van der Waals surface area contributed by atoms with Crippen LogP contribution in [0.4, 0.5) is 8.78 Å². The van der Waals surface area contributed by atoms with Crippen molar-refractivity contribution in [2.45, 2.75) is 19.3 Å². The Balaban J connectivity index is 2.20. The Hall–Kier alpha value is -2.29. The number of hydrogen-bond donors (Lipinski definition) is 2. The number of carbonyl (C=O) groups excluding carboxylic acids is 1. The van der Waals surface area contributed by atoms with Crippen LogP contribution < -0.4 is 11.5 Å². The Morgan fingerprint density at radius 3 is 2.68 bits per heavy atom. The Bertz CT molecular complexity index is 1030. The van der Waals surface area contributed by atoms with Gasteiger partial charge in [0.1, 0.15) is 16.0 Å². The van der Waals surface area contributed by atoms with Crippen molar-refractivity contribution in [3.05, 3.63) is 61.9 Å². The highest BCUT2D eigenvalue weighted by atomic mass is 35.5. The molecule has 0 saturated carbocycles. The van der Waals surface area contributed by atoms with Gasteiger partial charge in [0.15, 0.2) is 0 Å². The van der Waals surface area contributed by atoms with Crippen LogP contribution in [0.2, 0.25) is 4.34 Å². The van der Waals surface area contributed by atoms with Crippen molar-refractivity contribution in [2.75, 3.05) is 6.54 Å². The Kier molecular flexibility index (Phi) is 5.83. The number of hydrogen-bond acceptors (Lipinski definition) is 4. The summed E-state index contributed by atoms with van der Waals surface area (Å²) in [5.41, 5.74) is 14.5. The molecule has 0 radical (unpaired) electrons. The van der Waals surface area contributed by atoms with Crippen LogP contribution in [0.15, 0.2) is 24.4 Å². The molecule has 1 aromatic carbocycles. The van der Waals surface area contributed by atoms with Crippen LogP contribution in [0.5, 0.6) is 0 Å². The summed E-state index contributed by atoms with van der Waals surface area (Å²) < 4.78 is 29.8. The number of rotatable bonds is 6. The molecule has 0 unspecified atom stereocenters. The third-order valence-corrected chi connectivity index (χ3v) is 6.08. The highest BCUT2D eigenvalue weighted by molar-refractivity contribution is 7.18. The van der Waals surface area contributed by atoms with Gasteiger partial charge in [-0.1, -0.05) is 11.6 Å². The van der Waals surface area contributed by atoms with Gasteiger partial charge in [0.05, 0.1) is 16.8 Å². The van der Waals surface area contributed by atoms with E-state index < -0.39 is 23.5 Å². The minimum absolute atomic E-state index is 0.0905. The lowest BCUT2D eigenvalue weighted by Crippen LogP contribution is -2.21. The van der Waals surface area contributed by atoms with Crippen LogP contribution in [0.1, 0.15) is 32.3 Å². The summed E-state index contributed by atoms with van der Waals surface area (Å²) in [4.78, 5) is 12.4. The number of nitrogens with two attached hydrogens (primary N) is 2. The van der Waals surface area contributed by atoms with Crippen molar-refractivity contribution in [3.8, 4) is 11.3 Å². The number of amides is 1. The number of aryl methyl sites for hydroxylation is 2. The van der Waals surface area contributed by atoms with Gasteiger partial charge in [-0.3, -0.25) is 9.48 Å². The van der Waals surface area contributed by atoms with E-state index in [1.54, 1.807) is 17.9 Å². The van der Waals surface area contributed by atoms with Crippen molar-refractivity contribution in [3.63, 3.8) is 0 Å². The second-order valence-corrected chi connectivity index (χ2v) is 8.15. The summed E-state index contributed by atoms with van der Waals surface area (Å²) in [6.45, 7) is 1.96. The maximum absolute atomic E-state index is 14.2. The summed E-state index contributed by atoms with van der Waals surface area (Å²) in [5.74, 6) is -2.23. The summed E-state index contributed by atoms with van der Waals surface area (Å²) in [6, 6.07) is 3.25. The lowest BCUT2D eigenvalue weighted by Gasteiger charge is -2.19. The van der Waals surface area contributed by atoms with Gasteiger partial charge in [-0.25, -0.2) is 8.78 Å². The van der Waals surface area contributed by atoms with E-state index in [2.05, 4.69) is 5.10 Å². The quantitative estimate of drug-likeness (QED) is 0.631. The van der Waals surface area contributed by atoms with E-state index in [1.165, 1.54) is 0 Å². The second kappa shape index (κ2) is 7.98. The first-order valence-corrected chi connectivity index (χ1v) is 9.69. The fraction of sp³-hybridized carbons (Fsp3) is 0.263. The molecule has 0 saturated heterocycles. The van der Waals surface area contributed by atoms with Gasteiger partial charge >= 0.3 is 0 Å². The van der Waals surface area contributed by atoms with Crippen LogP contribution in [-0.4, -0.2) is 22.2 Å². The second-order valence-electron chi connectivity index (χ2n) is 6.53. The number of primary amides is 1. The van der Waals surface area contributed by atoms with Crippen molar-refractivity contribution < 1.29 is 13.6 Å². The minimum atomic E-state index is -0.647. The van der Waals surface area contributed by atoms with Crippen LogP contribution in [0.25, 0.3) is 11.3 Å². The zero-order valence-corrected chi connectivity index (χ0v) is 16.9. The highest BCUT2D eigenvalue weighted by Crippen LogP contribution is 2.45. The molecule has 9 heteroatoms. The molecule has 2 aromatic heterocycles. The number of halogens is 3. The molecule has 0 aliphatic heterocycles. The fourth-order valence-electron chi connectivity index (χ4n) is 3.38. The molecule has 4 N–H and O–H groups in total. The summed E-state index contributed by atoms with van der Waals surface area (Å²) in [7, 11) is 1.76. The van der Waals surface area contributed by atoms with Crippen molar-refractivity contribution >= 4 is 28.8 Å². The number of benzene rings is 1. The standard InChI is InChI=1S/C19H19ClF2N4OS/c1-9-8-25-26(2)16(9)15-14(17(19(24)27)28-18(15)20)11(7-23)5-10-6-12(21)3-4-13(10)22/h3-4,6,8,11H,5,7,23H2,1-2H3,(H2,24,27)/t11-/m1/s1. The van der Waals surface area contributed by atoms with E-state index in [-0.39, 0.29) is 23.4 Å². The maximum atomic E-state index is 14.2. The van der Waals surface area contributed by atoms with E-state index in [9.17, 15) is 13.6 Å². The van der Waals surface area contributed by atoms with E-state index in [1.807, 2.05) is 6.92 Å². The van der Waals surface area contributed by atoms with Gasteiger partial charge in [0.2, 0.25) is 0 Å². The number of aromatic nitrogens is 2. The molecule has 3 aromatic rings. The first kappa shape index (κ1) is 20.4. The average Bonchev–Trinajstić information content (AvgIpc) is 3.14. The highest BCUT2D eigenvalue weighted by Gasteiger charge is 2.30. The van der Waals surface area contributed by atoms with Gasteiger partial charge in [-0.15, -0.1) is 11.3 Å². The van der Waals surface area contributed by atoms with Gasteiger partial charge in [0, 0.05) is 18.5 Å². The molecule has 1 amide bonds. The molecule has 0 bridgehead atoms. The van der Waals surface area contributed by atoms with E-state index in [0.29, 0.717) is 15.5 Å². The number of nitrogens with zero attached hydrogens (tertiary/aromatic N) is 2. The largest absolute Gasteiger partial charge is 0.365 e. The molecular weight excluding hydrogens is 406 g/mol. The predicted molar refractivity (Wildman–Crippen MR) is 107 cm³/mol. The van der Waals surface area contributed by atoms with Crippen LogP contribution in [0, 0.1) is 18.6 Å². The summed E-state index contributed by atoms with van der Waals surface area (Å²) in [5, 5.41) is 4.23. The molecule has 0 aliphatic rings. The first-order valence-electron chi connectivity index (χ1n) is 8.49. The van der Waals surface area contributed by atoms with Gasteiger partial charge in [-0.05, 0) is 54.8 Å². The Labute approximate surface area is 169 Å². The zero-order valence-electron chi connectivity index (χ0n) is 15.3. The summed E-state index contributed by atoms with van der Waals surface area (Å²) in [6.07, 6.45) is 1.78. The molecule has 2 heterocycles. The topological polar surface area (TPSA) is 86.9 Å². The molecule has 3 rings (SSSR count). The van der Waals surface area contributed by atoms with E-state index in [0.717, 1.165) is 40.8 Å². The molecule has 0 spiro atoms. The average molecular weight is 425 g/mol. The van der Waals surface area contributed by atoms with Gasteiger partial charge in [-0.2, -0.15) is 5.10 Å². The third-order valence-electron chi connectivity index (χ3n) is 4.65. The minimum Gasteiger partial charge on any atom is -0.365 e. The van der Waals surface area contributed by atoms with Crippen molar-refractivity contribution in [2.24, 2.45) is 18.5 Å². The Morgan fingerprint density at radius 2 is 2.11 bits per heavy atom. The maximum Gasteiger partial charge on any atom is 0.259 e. The molecule has 1 atom stereocenters. The van der Waals surface area contributed by atoms with Gasteiger partial charge in [0.25, 0.3) is 5.91 Å². The third kappa shape index (κ3) is 3.67. The molecule has 28 heavy (non-hydrogen) atoms. The number of carbonyl (C=O) groups is 1. The molecular formula is C19H19ClF2N4OS. The smallest absolute Gasteiger partial charge is 0.259 e. The van der Waals surface area contributed by atoms with Crippen LogP contribution >= 0.6 is 22.9 Å². The van der Waals surface area contributed by atoms with E-state index in [4.69, 9.17) is 23.1 Å². The van der Waals surface area contributed by atoms with Crippen LogP contribution in [0.3, 0.4) is 0 Å². The SMILES string of the molecule is Cc1cnn(C)c1-c1c(Cl)sc(C(N)=O)c1[C@@H](CN)Cc1cc(F)ccc1F. The first-order chi connectivity index (χ1) is 13.2. The van der Waals surface area contributed by atoms with Crippen LogP contribution in [-0.2, 0) is 13.5 Å². The predicted octanol–water partition coefficient (Wildman–Crippen LogP) is 3.77. The Morgan fingerprint density at radius 1 is 1.39 bits per heavy atom. The number of thiophene rings is 1. The lowest BCUT2D eigenvalue weighted by molar-refractivity contribution is 0.100. The zero-order chi connectivity index (χ0) is 20.6. The van der Waals surface area contributed by atoms with Crippen molar-refractivity contribution in [1.29, 1.82) is 0 Å². The lowest BCUT2D eigenvalue weighted by atomic mass is 9.87. The summed E-state index contributed by atoms with van der Waals surface area (Å²) >= 11 is 7.54. The molecule has 5 nitrogen and oxygen atoms in total. The van der Waals surface area contributed by atoms with E-state index >= 15 is 0 Å². The normalized spacial score (nSPS) is 12.4. The molecule has 148 valence electrons. The molecule has 0 aliphatic carbocycles.